The van der Waals surface area contributed by atoms with Gasteiger partial charge in [0, 0.05) is 18.5 Å². The minimum absolute atomic E-state index is 0.0212. The summed E-state index contributed by atoms with van der Waals surface area (Å²) < 4.78 is 0. The number of nitrogens with one attached hydrogen (secondary N) is 2. The van der Waals surface area contributed by atoms with Gasteiger partial charge in [0.05, 0.1) is 5.92 Å². The van der Waals surface area contributed by atoms with Gasteiger partial charge in [-0.2, -0.15) is 0 Å². The summed E-state index contributed by atoms with van der Waals surface area (Å²) in [6, 6.07) is 0. The van der Waals surface area contributed by atoms with Gasteiger partial charge in [-0.15, -0.1) is 0 Å². The molecule has 0 spiro atoms. The normalized spacial score (nSPS) is 20.9. The number of piperidine rings is 1. The Labute approximate surface area is 102 Å². The Morgan fingerprint density at radius 3 is 2.71 bits per heavy atom. The molecule has 0 aromatic carbocycles. The van der Waals surface area contributed by atoms with Gasteiger partial charge in [-0.25, -0.2) is 0 Å². The van der Waals surface area contributed by atoms with E-state index in [0.29, 0.717) is 6.42 Å². The fourth-order valence-electron chi connectivity index (χ4n) is 1.99. The van der Waals surface area contributed by atoms with Crippen molar-refractivity contribution in [1.82, 2.24) is 10.6 Å². The Hall–Kier alpha value is -1.10. The summed E-state index contributed by atoms with van der Waals surface area (Å²) in [5.41, 5.74) is -0.451. The molecule has 5 nitrogen and oxygen atoms in total. The van der Waals surface area contributed by atoms with Crippen LogP contribution in [0.1, 0.15) is 39.5 Å². The van der Waals surface area contributed by atoms with Crippen LogP contribution in [0.4, 0.5) is 0 Å². The summed E-state index contributed by atoms with van der Waals surface area (Å²) >= 11 is 0. The Morgan fingerprint density at radius 1 is 1.47 bits per heavy atom. The monoisotopic (exact) mass is 242 g/mol. The molecule has 1 atom stereocenters. The average molecular weight is 242 g/mol. The lowest BCUT2D eigenvalue weighted by Gasteiger charge is -2.30. The van der Waals surface area contributed by atoms with E-state index in [4.69, 9.17) is 5.11 Å². The highest BCUT2D eigenvalue weighted by Crippen LogP contribution is 2.15. The molecule has 1 saturated heterocycles. The van der Waals surface area contributed by atoms with Crippen LogP contribution in [0.15, 0.2) is 0 Å². The third kappa shape index (κ3) is 5.17. The van der Waals surface area contributed by atoms with E-state index in [9.17, 15) is 9.59 Å². The topological polar surface area (TPSA) is 78.4 Å². The number of rotatable bonds is 5. The van der Waals surface area contributed by atoms with Gasteiger partial charge in [-0.1, -0.05) is 0 Å². The molecule has 5 heteroatoms. The van der Waals surface area contributed by atoms with Crippen molar-refractivity contribution >= 4 is 11.9 Å². The quantitative estimate of drug-likeness (QED) is 0.664. The zero-order chi connectivity index (χ0) is 12.9. The van der Waals surface area contributed by atoms with Crippen molar-refractivity contribution in [2.45, 2.75) is 45.1 Å². The first-order valence-corrected chi connectivity index (χ1v) is 6.15. The van der Waals surface area contributed by atoms with E-state index in [2.05, 4.69) is 10.6 Å². The van der Waals surface area contributed by atoms with Crippen LogP contribution in [-0.4, -0.2) is 35.6 Å². The standard InChI is InChI=1S/C12H22N2O3/c1-12(2,6-5-10(15)16)14-11(17)9-4-3-7-13-8-9/h9,13H,3-8H2,1-2H3,(H,14,17)(H,15,16). The molecule has 3 N–H and O–H groups in total. The van der Waals surface area contributed by atoms with Crippen LogP contribution in [0.2, 0.25) is 0 Å². The Bertz CT molecular complexity index is 283. The zero-order valence-electron chi connectivity index (χ0n) is 10.6. The van der Waals surface area contributed by atoms with Gasteiger partial charge in [0.1, 0.15) is 0 Å². The highest BCUT2D eigenvalue weighted by Gasteiger charge is 2.27. The van der Waals surface area contributed by atoms with Gasteiger partial charge >= 0.3 is 5.97 Å². The number of amides is 1. The van der Waals surface area contributed by atoms with Crippen LogP contribution >= 0.6 is 0 Å². The predicted octanol–water partition coefficient (Wildman–Crippen LogP) is 0.746. The largest absolute Gasteiger partial charge is 0.481 e. The van der Waals surface area contributed by atoms with Crippen LogP contribution in [0.3, 0.4) is 0 Å². The maximum absolute atomic E-state index is 12.0. The lowest BCUT2D eigenvalue weighted by Crippen LogP contribution is -2.49. The van der Waals surface area contributed by atoms with Gasteiger partial charge in [0.15, 0.2) is 0 Å². The second-order valence-electron chi connectivity index (χ2n) is 5.31. The molecule has 1 aliphatic heterocycles. The first-order chi connectivity index (χ1) is 7.91. The molecular weight excluding hydrogens is 220 g/mol. The number of hydrogen-bond acceptors (Lipinski definition) is 3. The van der Waals surface area contributed by atoms with E-state index < -0.39 is 11.5 Å². The Balaban J connectivity index is 2.39. The highest BCUT2D eigenvalue weighted by molar-refractivity contribution is 5.79. The number of hydrogen-bond donors (Lipinski definition) is 3. The summed E-state index contributed by atoms with van der Waals surface area (Å²) in [7, 11) is 0. The first kappa shape index (κ1) is 14.0. The third-order valence-corrected chi connectivity index (χ3v) is 3.09. The van der Waals surface area contributed by atoms with E-state index in [1.54, 1.807) is 0 Å². The summed E-state index contributed by atoms with van der Waals surface area (Å²) in [6.07, 6.45) is 2.46. The van der Waals surface area contributed by atoms with Gasteiger partial charge < -0.3 is 15.7 Å². The molecule has 0 bridgehead atoms. The van der Waals surface area contributed by atoms with Crippen molar-refractivity contribution in [1.29, 1.82) is 0 Å². The number of carbonyl (C=O) groups is 2. The molecule has 1 heterocycles. The van der Waals surface area contributed by atoms with Crippen LogP contribution in [0.25, 0.3) is 0 Å². The smallest absolute Gasteiger partial charge is 0.303 e. The van der Waals surface area contributed by atoms with Gasteiger partial charge in [0.25, 0.3) is 0 Å². The summed E-state index contributed by atoms with van der Waals surface area (Å²) in [4.78, 5) is 22.5. The molecule has 0 aromatic heterocycles. The fraction of sp³-hybridized carbons (Fsp3) is 0.833. The van der Waals surface area contributed by atoms with E-state index in [-0.39, 0.29) is 18.2 Å². The van der Waals surface area contributed by atoms with E-state index in [1.807, 2.05) is 13.8 Å². The summed E-state index contributed by atoms with van der Waals surface area (Å²) in [5.74, 6) is -0.771. The molecule has 17 heavy (non-hydrogen) atoms. The van der Waals surface area contributed by atoms with Gasteiger partial charge in [-0.05, 0) is 39.7 Å². The number of carbonyl (C=O) groups excluding carboxylic acids is 1. The van der Waals surface area contributed by atoms with Crippen molar-refractivity contribution in [3.05, 3.63) is 0 Å². The fourth-order valence-corrected chi connectivity index (χ4v) is 1.99. The molecule has 1 aliphatic rings. The minimum Gasteiger partial charge on any atom is -0.481 e. The highest BCUT2D eigenvalue weighted by atomic mass is 16.4. The lowest BCUT2D eigenvalue weighted by molar-refractivity contribution is -0.138. The molecule has 0 radical (unpaired) electrons. The molecule has 98 valence electrons. The van der Waals surface area contributed by atoms with Crippen molar-refractivity contribution in [2.24, 2.45) is 5.92 Å². The molecule has 1 amide bonds. The number of carboxylic acid groups (broad SMARTS) is 1. The van der Waals surface area contributed by atoms with Gasteiger partial charge in [-0.3, -0.25) is 9.59 Å². The third-order valence-electron chi connectivity index (χ3n) is 3.09. The van der Waals surface area contributed by atoms with Crippen LogP contribution in [0.5, 0.6) is 0 Å². The molecule has 1 fully saturated rings. The Morgan fingerprint density at radius 2 is 2.18 bits per heavy atom. The molecule has 0 saturated carbocycles. The second-order valence-corrected chi connectivity index (χ2v) is 5.31. The van der Waals surface area contributed by atoms with Crippen molar-refractivity contribution < 1.29 is 14.7 Å². The van der Waals surface area contributed by atoms with Crippen LogP contribution in [0, 0.1) is 5.92 Å². The molecule has 0 aliphatic carbocycles. The maximum Gasteiger partial charge on any atom is 0.303 e. The van der Waals surface area contributed by atoms with Crippen LogP contribution in [-0.2, 0) is 9.59 Å². The minimum atomic E-state index is -0.827. The maximum atomic E-state index is 12.0. The van der Waals surface area contributed by atoms with E-state index in [1.165, 1.54) is 0 Å². The Kier molecular flexibility index (Phi) is 4.93. The number of carboxylic acids is 1. The SMILES string of the molecule is CC(C)(CCC(=O)O)NC(=O)C1CCCNC1. The molecule has 1 unspecified atom stereocenters. The molecular formula is C12H22N2O3. The molecule has 0 aromatic rings. The van der Waals surface area contributed by atoms with Crippen molar-refractivity contribution in [3.8, 4) is 0 Å². The average Bonchev–Trinajstić information content (AvgIpc) is 2.27. The summed E-state index contributed by atoms with van der Waals surface area (Å²) in [5, 5.41) is 14.8. The first-order valence-electron chi connectivity index (χ1n) is 6.15. The second kappa shape index (κ2) is 6.00. The van der Waals surface area contributed by atoms with E-state index >= 15 is 0 Å². The van der Waals surface area contributed by atoms with Crippen LogP contribution < -0.4 is 10.6 Å². The zero-order valence-corrected chi connectivity index (χ0v) is 10.6. The van der Waals surface area contributed by atoms with Crippen molar-refractivity contribution in [3.63, 3.8) is 0 Å². The number of aliphatic carboxylic acids is 1. The van der Waals surface area contributed by atoms with Crippen molar-refractivity contribution in [2.75, 3.05) is 13.1 Å². The lowest BCUT2D eigenvalue weighted by atomic mass is 9.94. The predicted molar refractivity (Wildman–Crippen MR) is 64.7 cm³/mol. The van der Waals surface area contributed by atoms with E-state index in [0.717, 1.165) is 25.9 Å². The van der Waals surface area contributed by atoms with Gasteiger partial charge in [0.2, 0.25) is 5.91 Å². The molecule has 1 rings (SSSR count). The summed E-state index contributed by atoms with van der Waals surface area (Å²) in [6.45, 7) is 5.43.